The molecule has 0 aliphatic carbocycles. The molecule has 0 amide bonds. The number of aliphatic carboxylic acids is 1. The van der Waals surface area contributed by atoms with Gasteiger partial charge in [-0.15, -0.1) is 0 Å². The number of nitrogens with one attached hydrogen (secondary N) is 2. The summed E-state index contributed by atoms with van der Waals surface area (Å²) in [4.78, 5) is 19.4. The van der Waals surface area contributed by atoms with Gasteiger partial charge in [-0.25, -0.2) is 19.7 Å². The van der Waals surface area contributed by atoms with Crippen molar-refractivity contribution in [1.82, 2.24) is 29.9 Å². The number of carboxylic acid groups (broad SMARTS) is 1. The number of anilines is 2. The van der Waals surface area contributed by atoms with Crippen LogP contribution in [-0.2, 0) is 11.3 Å². The Morgan fingerprint density at radius 3 is 2.96 bits per heavy atom. The molecule has 3 rings (SSSR count). The Morgan fingerprint density at radius 1 is 1.44 bits per heavy atom. The van der Waals surface area contributed by atoms with Crippen molar-refractivity contribution in [3.8, 4) is 5.88 Å². The maximum Gasteiger partial charge on any atom is 0.388 e. The number of nitrogens with zero attached hydrogens (tertiary/aromatic N) is 5. The van der Waals surface area contributed by atoms with Gasteiger partial charge < -0.3 is 15.2 Å². The standard InChI is InChI=1S/C13H13F2N7O3/c1-6(12(23)24)5-22-11-7(3-17-22)16-4-9(19-11)18-8-2-10(21-20-8)25-13(14)15/h2-4,6,13H,5H2,1H3,(H,23,24)(H2,18,19,20,21)/t6-/m0/s1. The minimum atomic E-state index is -2.96. The zero-order chi connectivity index (χ0) is 18.0. The van der Waals surface area contributed by atoms with E-state index in [4.69, 9.17) is 5.11 Å². The van der Waals surface area contributed by atoms with E-state index in [0.29, 0.717) is 11.2 Å². The smallest absolute Gasteiger partial charge is 0.388 e. The van der Waals surface area contributed by atoms with E-state index in [1.807, 2.05) is 0 Å². The third-order valence-electron chi connectivity index (χ3n) is 3.24. The molecule has 3 aromatic rings. The van der Waals surface area contributed by atoms with Crippen LogP contribution in [0.1, 0.15) is 6.92 Å². The molecule has 25 heavy (non-hydrogen) atoms. The predicted molar refractivity (Wildman–Crippen MR) is 80.6 cm³/mol. The molecule has 0 spiro atoms. The van der Waals surface area contributed by atoms with Gasteiger partial charge in [0, 0.05) is 6.07 Å². The van der Waals surface area contributed by atoms with Gasteiger partial charge in [-0.05, 0) is 0 Å². The lowest BCUT2D eigenvalue weighted by molar-refractivity contribution is -0.141. The van der Waals surface area contributed by atoms with Crippen molar-refractivity contribution in [2.24, 2.45) is 5.92 Å². The van der Waals surface area contributed by atoms with E-state index < -0.39 is 18.5 Å². The third kappa shape index (κ3) is 3.79. The van der Waals surface area contributed by atoms with Gasteiger partial charge in [0.2, 0.25) is 5.88 Å². The largest absolute Gasteiger partial charge is 0.481 e. The van der Waals surface area contributed by atoms with Crippen molar-refractivity contribution in [3.63, 3.8) is 0 Å². The average Bonchev–Trinajstić information content (AvgIpc) is 3.14. The highest BCUT2D eigenvalue weighted by Gasteiger charge is 2.15. The van der Waals surface area contributed by atoms with Crippen LogP contribution in [-0.4, -0.2) is 47.6 Å². The molecule has 0 unspecified atom stereocenters. The first-order chi connectivity index (χ1) is 11.9. The molecule has 0 aliphatic heterocycles. The average molecular weight is 353 g/mol. The van der Waals surface area contributed by atoms with E-state index in [0.717, 1.165) is 0 Å². The number of halogens is 2. The lowest BCUT2D eigenvalue weighted by atomic mass is 10.2. The van der Waals surface area contributed by atoms with Crippen LogP contribution in [0.2, 0.25) is 0 Å². The van der Waals surface area contributed by atoms with E-state index in [1.165, 1.54) is 23.1 Å². The second-order valence-electron chi connectivity index (χ2n) is 5.15. The maximum absolute atomic E-state index is 12.1. The normalized spacial score (nSPS) is 12.5. The summed E-state index contributed by atoms with van der Waals surface area (Å²) < 4.78 is 29.9. The number of rotatable bonds is 7. The van der Waals surface area contributed by atoms with E-state index >= 15 is 0 Å². The van der Waals surface area contributed by atoms with E-state index in [9.17, 15) is 13.6 Å². The molecule has 0 bridgehead atoms. The van der Waals surface area contributed by atoms with Gasteiger partial charge in [0.25, 0.3) is 0 Å². The summed E-state index contributed by atoms with van der Waals surface area (Å²) in [5.74, 6) is -1.32. The topological polar surface area (TPSA) is 131 Å². The van der Waals surface area contributed by atoms with Crippen LogP contribution in [0.5, 0.6) is 5.88 Å². The van der Waals surface area contributed by atoms with Crippen LogP contribution in [0.15, 0.2) is 18.5 Å². The highest BCUT2D eigenvalue weighted by molar-refractivity contribution is 5.73. The van der Waals surface area contributed by atoms with Gasteiger partial charge in [0.15, 0.2) is 17.3 Å². The van der Waals surface area contributed by atoms with E-state index in [2.05, 4.69) is 35.3 Å². The Hall–Kier alpha value is -3.31. The molecular formula is C13H13F2N7O3. The number of ether oxygens (including phenoxy) is 1. The molecule has 0 aliphatic rings. The van der Waals surface area contributed by atoms with Gasteiger partial charge >= 0.3 is 12.6 Å². The Balaban J connectivity index is 1.80. The number of hydrogen-bond acceptors (Lipinski definition) is 7. The minimum Gasteiger partial charge on any atom is -0.481 e. The number of carboxylic acids is 1. The van der Waals surface area contributed by atoms with Gasteiger partial charge in [0.05, 0.1) is 24.9 Å². The molecule has 3 N–H and O–H groups in total. The minimum absolute atomic E-state index is 0.131. The number of hydrogen-bond donors (Lipinski definition) is 3. The van der Waals surface area contributed by atoms with Crippen molar-refractivity contribution in [2.75, 3.05) is 5.32 Å². The Labute approximate surface area is 138 Å². The maximum atomic E-state index is 12.1. The molecule has 3 aromatic heterocycles. The van der Waals surface area contributed by atoms with Crippen molar-refractivity contribution >= 4 is 28.8 Å². The lowest BCUT2D eigenvalue weighted by Crippen LogP contribution is -2.17. The lowest BCUT2D eigenvalue weighted by Gasteiger charge is -2.07. The summed E-state index contributed by atoms with van der Waals surface area (Å²) in [7, 11) is 0. The monoisotopic (exact) mass is 353 g/mol. The summed E-state index contributed by atoms with van der Waals surface area (Å²) in [5, 5.41) is 21.9. The first-order valence-corrected chi connectivity index (χ1v) is 7.11. The van der Waals surface area contributed by atoms with Crippen molar-refractivity contribution in [2.45, 2.75) is 20.1 Å². The summed E-state index contributed by atoms with van der Waals surface area (Å²) in [5.41, 5.74) is 0.879. The zero-order valence-corrected chi connectivity index (χ0v) is 12.8. The third-order valence-corrected chi connectivity index (χ3v) is 3.24. The van der Waals surface area contributed by atoms with Gasteiger partial charge in [-0.3, -0.25) is 4.79 Å². The molecule has 0 saturated heterocycles. The zero-order valence-electron chi connectivity index (χ0n) is 12.8. The molecule has 10 nitrogen and oxygen atoms in total. The molecule has 0 fully saturated rings. The predicted octanol–water partition coefficient (Wildman–Crippen LogP) is 1.62. The Bertz CT molecular complexity index is 895. The molecule has 1 atom stereocenters. The number of H-pyrrole nitrogens is 1. The molecule has 0 saturated carbocycles. The SMILES string of the molecule is C[C@@H](Cn1ncc2ncc(Nc3cc(OC(F)F)[nH]n3)nc21)C(=O)O. The fourth-order valence-electron chi connectivity index (χ4n) is 2.04. The van der Waals surface area contributed by atoms with Gasteiger partial charge in [0.1, 0.15) is 5.52 Å². The Morgan fingerprint density at radius 2 is 2.24 bits per heavy atom. The van der Waals surface area contributed by atoms with Crippen LogP contribution in [0.4, 0.5) is 20.4 Å². The number of alkyl halides is 2. The number of aromatic nitrogens is 6. The quantitative estimate of drug-likeness (QED) is 0.584. The summed E-state index contributed by atoms with van der Waals surface area (Å²) in [6, 6.07) is 1.24. The van der Waals surface area contributed by atoms with Crippen molar-refractivity contribution in [1.29, 1.82) is 0 Å². The highest BCUT2D eigenvalue weighted by Crippen LogP contribution is 2.20. The van der Waals surface area contributed by atoms with Crippen LogP contribution in [0, 0.1) is 5.92 Å². The first kappa shape index (κ1) is 16.5. The number of aromatic amines is 1. The number of fused-ring (bicyclic) bond motifs is 1. The van der Waals surface area contributed by atoms with Crippen LogP contribution >= 0.6 is 0 Å². The summed E-state index contributed by atoms with van der Waals surface area (Å²) in [6.45, 7) is -1.28. The van der Waals surface area contributed by atoms with Gasteiger partial charge in [-0.2, -0.15) is 19.0 Å². The molecule has 3 heterocycles. The number of carbonyl (C=O) groups is 1. The fraction of sp³-hybridized carbons (Fsp3) is 0.308. The summed E-state index contributed by atoms with van der Waals surface area (Å²) in [6.07, 6.45) is 2.89. The van der Waals surface area contributed by atoms with E-state index in [-0.39, 0.29) is 24.1 Å². The van der Waals surface area contributed by atoms with Gasteiger partial charge in [-0.1, -0.05) is 6.92 Å². The Kier molecular flexibility index (Phi) is 4.41. The summed E-state index contributed by atoms with van der Waals surface area (Å²) >= 11 is 0. The first-order valence-electron chi connectivity index (χ1n) is 7.11. The molecule has 0 aromatic carbocycles. The fourth-order valence-corrected chi connectivity index (χ4v) is 2.04. The molecule has 132 valence electrons. The molecule has 0 radical (unpaired) electrons. The van der Waals surface area contributed by atoms with Crippen molar-refractivity contribution < 1.29 is 23.4 Å². The second-order valence-corrected chi connectivity index (χ2v) is 5.15. The molecular weight excluding hydrogens is 340 g/mol. The second kappa shape index (κ2) is 6.67. The van der Waals surface area contributed by atoms with Crippen LogP contribution < -0.4 is 10.1 Å². The van der Waals surface area contributed by atoms with E-state index in [1.54, 1.807) is 6.92 Å². The molecule has 12 heteroatoms. The highest BCUT2D eigenvalue weighted by atomic mass is 19.3. The van der Waals surface area contributed by atoms with Crippen molar-refractivity contribution in [3.05, 3.63) is 18.5 Å². The van der Waals surface area contributed by atoms with Crippen LogP contribution in [0.3, 0.4) is 0 Å². The van der Waals surface area contributed by atoms with Crippen LogP contribution in [0.25, 0.3) is 11.2 Å².